The maximum Gasteiger partial charge on any atom is 0.354 e. The van der Waals surface area contributed by atoms with Gasteiger partial charge in [0.05, 0.1) is 5.69 Å². The lowest BCUT2D eigenvalue weighted by molar-refractivity contribution is 0.0690. The summed E-state index contributed by atoms with van der Waals surface area (Å²) in [5.74, 6) is -1.36. The van der Waals surface area contributed by atoms with Gasteiger partial charge in [0.1, 0.15) is 11.5 Å². The third-order valence-corrected chi connectivity index (χ3v) is 6.42. The number of benzene rings is 2. The van der Waals surface area contributed by atoms with E-state index in [2.05, 4.69) is 33.0 Å². The second-order valence-electron chi connectivity index (χ2n) is 7.56. The van der Waals surface area contributed by atoms with Crippen molar-refractivity contribution in [3.05, 3.63) is 98.0 Å². The molecule has 0 saturated carbocycles. The second-order valence-corrected chi connectivity index (χ2v) is 8.88. The van der Waals surface area contributed by atoms with Gasteiger partial charge < -0.3 is 5.11 Å². The molecule has 0 fully saturated rings. The van der Waals surface area contributed by atoms with Crippen molar-refractivity contribution in [2.75, 3.05) is 0 Å². The van der Waals surface area contributed by atoms with Crippen molar-refractivity contribution in [1.82, 2.24) is 4.98 Å². The van der Waals surface area contributed by atoms with Crippen LogP contribution in [0.3, 0.4) is 0 Å². The molecule has 1 aliphatic rings. The van der Waals surface area contributed by atoms with Crippen LogP contribution in [0.2, 0.25) is 5.02 Å². The van der Waals surface area contributed by atoms with Crippen LogP contribution >= 0.6 is 27.5 Å². The van der Waals surface area contributed by atoms with Crippen molar-refractivity contribution in [2.24, 2.45) is 0 Å². The van der Waals surface area contributed by atoms with Crippen LogP contribution in [0.25, 0.3) is 11.1 Å². The highest BCUT2D eigenvalue weighted by Gasteiger charge is 2.22. The Morgan fingerprint density at radius 3 is 2.55 bits per heavy atom. The number of nitrogens with zero attached hydrogens (tertiary/aromatic N) is 1. The summed E-state index contributed by atoms with van der Waals surface area (Å²) in [7, 11) is 0. The number of aryl methyl sites for hydroxylation is 2. The van der Waals surface area contributed by atoms with Crippen LogP contribution in [0.15, 0.2) is 59.1 Å². The molecule has 0 spiro atoms. The molecule has 31 heavy (non-hydrogen) atoms. The number of hydrogen-bond donors (Lipinski definition) is 1. The second kappa shape index (κ2) is 9.33. The van der Waals surface area contributed by atoms with Crippen LogP contribution in [0.4, 0.5) is 4.39 Å². The lowest BCUT2D eigenvalue weighted by atomic mass is 9.92. The zero-order valence-electron chi connectivity index (χ0n) is 16.7. The maximum atomic E-state index is 13.4. The molecule has 1 N–H and O–H groups in total. The summed E-state index contributed by atoms with van der Waals surface area (Å²) in [4.78, 5) is 15.7. The molecule has 1 aliphatic carbocycles. The summed E-state index contributed by atoms with van der Waals surface area (Å²) in [5, 5.41) is 9.75. The fourth-order valence-electron chi connectivity index (χ4n) is 4.09. The van der Waals surface area contributed by atoms with Gasteiger partial charge in [-0.25, -0.2) is 14.2 Å². The molecule has 3 aromatic rings. The highest BCUT2D eigenvalue weighted by molar-refractivity contribution is 9.10. The van der Waals surface area contributed by atoms with Crippen LogP contribution in [-0.4, -0.2) is 16.1 Å². The van der Waals surface area contributed by atoms with E-state index in [1.807, 2.05) is 12.1 Å². The van der Waals surface area contributed by atoms with E-state index in [1.165, 1.54) is 29.3 Å². The van der Waals surface area contributed by atoms with Gasteiger partial charge in [0.25, 0.3) is 0 Å². The number of aromatic carboxylic acids is 1. The molecular weight excluding hydrogens is 481 g/mol. The van der Waals surface area contributed by atoms with E-state index in [0.717, 1.165) is 52.5 Å². The fraction of sp³-hybridized carbons (Fsp3) is 0.200. The molecule has 0 atom stereocenters. The summed E-state index contributed by atoms with van der Waals surface area (Å²) in [6.07, 6.45) is 4.23. The quantitative estimate of drug-likeness (QED) is 0.389. The first-order valence-electron chi connectivity index (χ1n) is 10.1. The van der Waals surface area contributed by atoms with E-state index in [4.69, 9.17) is 11.6 Å². The van der Waals surface area contributed by atoms with Gasteiger partial charge in [0.2, 0.25) is 0 Å². The summed E-state index contributed by atoms with van der Waals surface area (Å²) in [6, 6.07) is 15.9. The first kappa shape index (κ1) is 21.7. The number of pyridine rings is 1. The largest absolute Gasteiger partial charge is 0.477 e. The van der Waals surface area contributed by atoms with E-state index in [0.29, 0.717) is 11.4 Å². The smallest absolute Gasteiger partial charge is 0.354 e. The molecular formula is C25H20BrClFNO2. The molecule has 0 bridgehead atoms. The van der Waals surface area contributed by atoms with E-state index < -0.39 is 5.97 Å². The average Bonchev–Trinajstić information content (AvgIpc) is 3.23. The molecule has 158 valence electrons. The van der Waals surface area contributed by atoms with Crippen molar-refractivity contribution in [2.45, 2.75) is 32.1 Å². The van der Waals surface area contributed by atoms with Gasteiger partial charge in [-0.1, -0.05) is 45.7 Å². The topological polar surface area (TPSA) is 50.2 Å². The normalized spacial score (nSPS) is 13.6. The van der Waals surface area contributed by atoms with Gasteiger partial charge in [-0.3, -0.25) is 0 Å². The Morgan fingerprint density at radius 2 is 1.77 bits per heavy atom. The minimum atomic E-state index is -1.03. The van der Waals surface area contributed by atoms with E-state index in [9.17, 15) is 14.3 Å². The Kier molecular flexibility index (Phi) is 6.54. The highest BCUT2D eigenvalue weighted by atomic mass is 79.9. The number of carbonyl (C=O) groups is 1. The number of aromatic nitrogens is 1. The van der Waals surface area contributed by atoms with E-state index >= 15 is 0 Å². The van der Waals surface area contributed by atoms with Crippen molar-refractivity contribution >= 4 is 44.6 Å². The monoisotopic (exact) mass is 499 g/mol. The van der Waals surface area contributed by atoms with Gasteiger partial charge in [-0.2, -0.15) is 0 Å². The zero-order chi connectivity index (χ0) is 22.0. The molecule has 6 heteroatoms. The van der Waals surface area contributed by atoms with Gasteiger partial charge in [-0.15, -0.1) is 0 Å². The minimum Gasteiger partial charge on any atom is -0.477 e. The number of allylic oxidation sites excluding steroid dienone is 2. The molecule has 0 aliphatic heterocycles. The molecule has 2 aromatic carbocycles. The van der Waals surface area contributed by atoms with Gasteiger partial charge in [0, 0.05) is 9.50 Å². The lowest BCUT2D eigenvalue weighted by Gasteiger charge is -2.15. The molecule has 0 unspecified atom stereocenters. The fourth-order valence-corrected chi connectivity index (χ4v) is 4.71. The predicted molar refractivity (Wildman–Crippen MR) is 125 cm³/mol. The molecule has 0 radical (unpaired) electrons. The van der Waals surface area contributed by atoms with Crippen LogP contribution < -0.4 is 0 Å². The van der Waals surface area contributed by atoms with Crippen molar-refractivity contribution in [3.8, 4) is 0 Å². The number of carboxylic acid groups (broad SMARTS) is 1. The third kappa shape index (κ3) is 4.89. The molecule has 4 rings (SSSR count). The lowest BCUT2D eigenvalue weighted by Crippen LogP contribution is -2.03. The SMILES string of the molecule is O=C(O)c1cccc(C2=C(c3cc(Br)ccc3CCc3ccc(F)cc3Cl)CCC2)n1. The molecule has 0 saturated heterocycles. The molecule has 1 heterocycles. The summed E-state index contributed by atoms with van der Waals surface area (Å²) in [6.45, 7) is 0. The highest BCUT2D eigenvalue weighted by Crippen LogP contribution is 2.41. The van der Waals surface area contributed by atoms with Crippen molar-refractivity contribution in [3.63, 3.8) is 0 Å². The van der Waals surface area contributed by atoms with Crippen LogP contribution in [0, 0.1) is 5.82 Å². The summed E-state index contributed by atoms with van der Waals surface area (Å²) < 4.78 is 14.4. The number of halogens is 3. The number of hydrogen-bond acceptors (Lipinski definition) is 2. The van der Waals surface area contributed by atoms with Crippen LogP contribution in [-0.2, 0) is 12.8 Å². The maximum absolute atomic E-state index is 13.4. The Labute approximate surface area is 193 Å². The van der Waals surface area contributed by atoms with Crippen molar-refractivity contribution in [1.29, 1.82) is 0 Å². The molecule has 3 nitrogen and oxygen atoms in total. The Morgan fingerprint density at radius 1 is 1.03 bits per heavy atom. The Balaban J connectivity index is 1.71. The molecule has 0 amide bonds. The van der Waals surface area contributed by atoms with E-state index in [-0.39, 0.29) is 11.5 Å². The molecule has 1 aromatic heterocycles. The third-order valence-electron chi connectivity index (χ3n) is 5.57. The zero-order valence-corrected chi connectivity index (χ0v) is 19.0. The van der Waals surface area contributed by atoms with Crippen LogP contribution in [0.5, 0.6) is 0 Å². The Bertz CT molecular complexity index is 1190. The Hall–Kier alpha value is -2.50. The number of carboxylic acids is 1. The van der Waals surface area contributed by atoms with Crippen molar-refractivity contribution < 1.29 is 14.3 Å². The van der Waals surface area contributed by atoms with Gasteiger partial charge in [0.15, 0.2) is 0 Å². The van der Waals surface area contributed by atoms with E-state index in [1.54, 1.807) is 12.1 Å². The minimum absolute atomic E-state index is 0.0525. The summed E-state index contributed by atoms with van der Waals surface area (Å²) >= 11 is 9.81. The number of rotatable bonds is 6. The summed E-state index contributed by atoms with van der Waals surface area (Å²) in [5.41, 5.74) is 6.30. The first-order valence-corrected chi connectivity index (χ1v) is 11.2. The van der Waals surface area contributed by atoms with Crippen LogP contribution in [0.1, 0.15) is 52.1 Å². The predicted octanol–water partition coefficient (Wildman–Crippen LogP) is 7.21. The van der Waals surface area contributed by atoms with Gasteiger partial charge >= 0.3 is 5.97 Å². The first-order chi connectivity index (χ1) is 14.9. The standard InChI is InChI=1S/C25H20BrClFNO2/c26-17-11-9-15(7-8-16-10-12-18(28)14-22(16)27)21(13-17)19-3-1-4-20(19)23-5-2-6-24(29-23)25(30)31/h2,5-6,9-14H,1,3-4,7-8H2,(H,30,31). The average molecular weight is 501 g/mol. The van der Waals surface area contributed by atoms with Gasteiger partial charge in [-0.05, 0) is 96.3 Å².